The van der Waals surface area contributed by atoms with Gasteiger partial charge in [0.05, 0.1) is 37.8 Å². The van der Waals surface area contributed by atoms with Crippen LogP contribution >= 0.6 is 0 Å². The van der Waals surface area contributed by atoms with Crippen molar-refractivity contribution in [2.45, 2.75) is 145 Å². The summed E-state index contributed by atoms with van der Waals surface area (Å²) in [5.41, 5.74) is 18.5. The number of hydrogen-bond donors (Lipinski definition) is 3. The van der Waals surface area contributed by atoms with Crippen LogP contribution in [0.25, 0.3) is 22.3 Å². The molecule has 6 rings (SSSR count). The summed E-state index contributed by atoms with van der Waals surface area (Å²) < 4.78 is 24.9. The molecule has 1 aromatic heterocycles. The molecule has 0 aliphatic carbocycles. The molecule has 0 spiro atoms. The normalized spacial score (nSPS) is 16.2. The van der Waals surface area contributed by atoms with Crippen LogP contribution in [0.4, 0.5) is 0 Å². The molecule has 0 radical (unpaired) electrons. The van der Waals surface area contributed by atoms with Crippen LogP contribution in [0.3, 0.4) is 0 Å². The first-order valence-electron chi connectivity index (χ1n) is 24.7. The van der Waals surface area contributed by atoms with E-state index in [1.807, 2.05) is 50.2 Å². The number of carbonyl (C=O) groups excluding carboxylic acids is 2. The number of nitrogens with two attached hydrogens (primary N) is 2. The molecule has 11 nitrogen and oxygen atoms in total. The summed E-state index contributed by atoms with van der Waals surface area (Å²) in [5, 5.41) is 9.51. The van der Waals surface area contributed by atoms with Crippen molar-refractivity contribution in [3.05, 3.63) is 142 Å². The van der Waals surface area contributed by atoms with Crippen LogP contribution in [0.2, 0.25) is 0 Å². The van der Waals surface area contributed by atoms with Gasteiger partial charge in [-0.05, 0) is 116 Å². The van der Waals surface area contributed by atoms with Gasteiger partial charge in [0.15, 0.2) is 0 Å². The van der Waals surface area contributed by atoms with Gasteiger partial charge >= 0.3 is 17.8 Å². The van der Waals surface area contributed by atoms with Gasteiger partial charge in [0.2, 0.25) is 0 Å². The van der Waals surface area contributed by atoms with Gasteiger partial charge in [-0.2, -0.15) is 0 Å². The van der Waals surface area contributed by atoms with Crippen LogP contribution in [-0.2, 0) is 43.1 Å². The van der Waals surface area contributed by atoms with Crippen molar-refractivity contribution in [3.63, 3.8) is 0 Å². The number of rotatable bonds is 15. The number of methoxy groups -OCH3 is 2. The highest BCUT2D eigenvalue weighted by atomic mass is 16.6. The predicted octanol–water partition coefficient (Wildman–Crippen LogP) is 11.7. The summed E-state index contributed by atoms with van der Waals surface area (Å²) in [6.45, 7) is 21.0. The van der Waals surface area contributed by atoms with Crippen molar-refractivity contribution < 1.29 is 37.7 Å². The Kier molecular flexibility index (Phi) is 23.5. The van der Waals surface area contributed by atoms with Crippen LogP contribution in [0.15, 0.2) is 123 Å². The van der Waals surface area contributed by atoms with Crippen LogP contribution in [0.1, 0.15) is 123 Å². The number of benzene rings is 4. The fourth-order valence-electron chi connectivity index (χ4n) is 8.35. The van der Waals surface area contributed by atoms with Crippen LogP contribution < -0.4 is 17.3 Å². The van der Waals surface area contributed by atoms with E-state index in [1.54, 1.807) is 13.8 Å². The summed E-state index contributed by atoms with van der Waals surface area (Å²) in [6.07, 6.45) is 8.20. The summed E-state index contributed by atoms with van der Waals surface area (Å²) >= 11 is 0. The molecule has 11 heteroatoms. The third-order valence-corrected chi connectivity index (χ3v) is 12.7. The second-order valence-electron chi connectivity index (χ2n) is 21.5. The Hall–Kier alpha value is -5.33. The lowest BCUT2D eigenvalue weighted by atomic mass is 9.80. The zero-order valence-corrected chi connectivity index (χ0v) is 44.3. The molecule has 0 bridgehead atoms. The van der Waals surface area contributed by atoms with E-state index >= 15 is 0 Å². The Balaban J connectivity index is 0.000000263. The monoisotopic (exact) mass is 965 g/mol. The first-order chi connectivity index (χ1) is 32.9. The molecule has 1 fully saturated rings. The van der Waals surface area contributed by atoms with Crippen molar-refractivity contribution in [3.8, 4) is 22.3 Å². The molecule has 5 atom stereocenters. The fraction of sp³-hybridized carbons (Fsp3) is 0.508. The molecule has 1 unspecified atom stereocenters. The van der Waals surface area contributed by atoms with Crippen molar-refractivity contribution in [1.82, 2.24) is 0 Å². The van der Waals surface area contributed by atoms with Gasteiger partial charge in [0, 0.05) is 25.1 Å². The molecule has 70 heavy (non-hydrogen) atoms. The Morgan fingerprint density at radius 2 is 1.09 bits per heavy atom. The molecular formula is C59H84N2O9. The lowest BCUT2D eigenvalue weighted by Gasteiger charge is -2.33. The van der Waals surface area contributed by atoms with Crippen molar-refractivity contribution in [2.24, 2.45) is 33.1 Å². The van der Waals surface area contributed by atoms with E-state index in [2.05, 4.69) is 114 Å². The summed E-state index contributed by atoms with van der Waals surface area (Å²) in [7, 11) is 2.76. The van der Waals surface area contributed by atoms with Crippen molar-refractivity contribution >= 4 is 11.9 Å². The number of aryl methyl sites for hydroxylation is 1. The average Bonchev–Trinajstić information content (AvgIpc) is 3.66. The van der Waals surface area contributed by atoms with Gasteiger partial charge in [-0.1, -0.05) is 158 Å². The highest BCUT2D eigenvalue weighted by Crippen LogP contribution is 2.31. The summed E-state index contributed by atoms with van der Waals surface area (Å²) in [4.78, 5) is 34.5. The molecule has 5 N–H and O–H groups in total. The molecule has 5 aromatic rings. The largest absolute Gasteiger partial charge is 0.519 e. The fourth-order valence-corrected chi connectivity index (χ4v) is 8.35. The summed E-state index contributed by atoms with van der Waals surface area (Å²) in [5.74, 6) is 0.0360. The minimum Gasteiger partial charge on any atom is -0.469 e. The number of carbonyl (C=O) groups is 2. The number of esters is 2. The molecular weight excluding hydrogens is 881 g/mol. The van der Waals surface area contributed by atoms with Gasteiger partial charge in [-0.15, -0.1) is 0 Å². The highest BCUT2D eigenvalue weighted by Gasteiger charge is 2.36. The van der Waals surface area contributed by atoms with Crippen LogP contribution in [0.5, 0.6) is 0 Å². The van der Waals surface area contributed by atoms with E-state index in [9.17, 15) is 19.5 Å². The Labute approximate surface area is 418 Å². The third-order valence-electron chi connectivity index (χ3n) is 12.7. The van der Waals surface area contributed by atoms with Crippen molar-refractivity contribution in [2.75, 3.05) is 27.4 Å². The minimum atomic E-state index is -0.960. The molecule has 0 saturated carbocycles. The lowest BCUT2D eigenvalue weighted by Crippen LogP contribution is -2.40. The van der Waals surface area contributed by atoms with Gasteiger partial charge < -0.3 is 39.6 Å². The maximum absolute atomic E-state index is 12.0. The van der Waals surface area contributed by atoms with Crippen LogP contribution in [-0.4, -0.2) is 62.7 Å². The first kappa shape index (κ1) is 59.0. The van der Waals surface area contributed by atoms with Gasteiger partial charge in [0.25, 0.3) is 0 Å². The quantitative estimate of drug-likeness (QED) is 0.0851. The smallest absolute Gasteiger partial charge is 0.469 e. The second kappa shape index (κ2) is 27.9. The van der Waals surface area contributed by atoms with E-state index in [4.69, 9.17) is 34.5 Å². The highest BCUT2D eigenvalue weighted by molar-refractivity contribution is 5.77. The molecule has 0 amide bonds. The maximum Gasteiger partial charge on any atom is 0.519 e. The minimum absolute atomic E-state index is 0.0726. The van der Waals surface area contributed by atoms with Gasteiger partial charge in [0.1, 0.15) is 11.5 Å². The topological polar surface area (TPSA) is 177 Å². The number of ether oxygens (including phenoxy) is 3. The molecule has 2 heterocycles. The Bertz CT molecular complexity index is 2200. The number of aliphatic hydroxyl groups excluding tert-OH is 1. The standard InChI is InChI=1S/C21H27NO2.C20H25NO3.C9H14O3.C9H18O/c1-4-21(2,20(23)24-3)15-19(22)14-16-10-12-18(13-11-16)17-8-6-5-7-9-17;1-20(14-22,19(23)24-2)13-18(21)12-15-8-10-17(11-9-15)16-6-4-3-5-7-16;1-6-7(5-9(2,3)4)12-8(10)11-6;1-9(2,3)8-6-4-5-7-10-8/h5-13,19H,4,14-15,22H2,1-3H3;3-11,18,22H,12-14,21H2,1-2H3;5H2,1-4H3;8H,4-7H2,1-3H3/t19-,21-;18-,20+;;/m11../s1. The van der Waals surface area contributed by atoms with Crippen LogP contribution in [0, 0.1) is 28.6 Å². The SMILES string of the molecule is CC(C)(C)C1CCCCO1.CC[C@](C)(C[C@H](N)Cc1ccc(-c2ccccc2)cc1)C(=O)OC.COC(=O)[C@](C)(CO)C[C@H](N)Cc1ccc(-c2ccccc2)cc1.Cc1oc(=O)oc1CC(C)(C)C. The zero-order valence-electron chi connectivity index (χ0n) is 44.3. The molecule has 1 saturated heterocycles. The third kappa shape index (κ3) is 19.8. The zero-order chi connectivity index (χ0) is 52.1. The number of aliphatic hydroxyl groups is 1. The van der Waals surface area contributed by atoms with Crippen molar-refractivity contribution in [1.29, 1.82) is 0 Å². The molecule has 4 aromatic carbocycles. The summed E-state index contributed by atoms with van der Waals surface area (Å²) in [6, 6.07) is 36.9. The van der Waals surface area contributed by atoms with E-state index < -0.39 is 22.6 Å². The average molecular weight is 965 g/mol. The molecule has 1 aliphatic heterocycles. The Morgan fingerprint density at radius 1 is 0.657 bits per heavy atom. The number of hydrogen-bond acceptors (Lipinski definition) is 11. The van der Waals surface area contributed by atoms with Gasteiger partial charge in [-0.3, -0.25) is 9.59 Å². The van der Waals surface area contributed by atoms with E-state index in [0.717, 1.165) is 37.0 Å². The van der Waals surface area contributed by atoms with E-state index in [0.29, 0.717) is 42.3 Å². The van der Waals surface area contributed by atoms with E-state index in [1.165, 1.54) is 55.7 Å². The first-order valence-corrected chi connectivity index (χ1v) is 24.7. The molecule has 384 valence electrons. The van der Waals surface area contributed by atoms with Gasteiger partial charge in [-0.25, -0.2) is 4.79 Å². The second-order valence-corrected chi connectivity index (χ2v) is 21.5. The Morgan fingerprint density at radius 3 is 1.41 bits per heavy atom. The molecule has 1 aliphatic rings. The lowest BCUT2D eigenvalue weighted by molar-refractivity contribution is -0.155. The maximum atomic E-state index is 12.0. The predicted molar refractivity (Wildman–Crippen MR) is 282 cm³/mol. The van der Waals surface area contributed by atoms with E-state index in [-0.39, 0.29) is 30.1 Å².